The molecule has 4 nitrogen and oxygen atoms in total. The molecule has 1 aromatic heterocycles. The predicted octanol–water partition coefficient (Wildman–Crippen LogP) is 2.71. The first-order valence-corrected chi connectivity index (χ1v) is 6.68. The van der Waals surface area contributed by atoms with Gasteiger partial charge in [-0.05, 0) is 31.0 Å². The van der Waals surface area contributed by atoms with Gasteiger partial charge >= 0.3 is 0 Å². The van der Waals surface area contributed by atoms with Crippen molar-refractivity contribution in [1.29, 1.82) is 0 Å². The molecule has 5 heteroatoms. The Labute approximate surface area is 116 Å². The summed E-state index contributed by atoms with van der Waals surface area (Å²) >= 11 is 6.22. The highest BCUT2D eigenvalue weighted by atomic mass is 35.5. The van der Waals surface area contributed by atoms with E-state index in [1.165, 1.54) is 0 Å². The topological polar surface area (TPSA) is 59.2 Å². The zero-order valence-electron chi connectivity index (χ0n) is 10.4. The fourth-order valence-corrected chi connectivity index (χ4v) is 2.77. The van der Waals surface area contributed by atoms with E-state index in [9.17, 15) is 4.79 Å². The number of carbonyl (C=O) groups is 1. The molecule has 0 aliphatic carbocycles. The number of hydrogen-bond acceptors (Lipinski definition) is 3. The Hall–Kier alpha value is -1.81. The maximum Gasteiger partial charge on any atom is 0.273 e. The Bertz CT molecular complexity index is 650. The second-order valence-corrected chi connectivity index (χ2v) is 5.13. The number of halogens is 1. The number of nitrogen functional groups attached to an aromatic ring is 1. The summed E-state index contributed by atoms with van der Waals surface area (Å²) in [4.78, 5) is 18.5. The Morgan fingerprint density at radius 2 is 2.00 bits per heavy atom. The summed E-state index contributed by atoms with van der Waals surface area (Å²) in [6, 6.07) is 5.24. The smallest absolute Gasteiger partial charge is 0.273 e. The molecule has 2 N–H and O–H groups in total. The number of rotatable bonds is 1. The molecule has 0 saturated carbocycles. The van der Waals surface area contributed by atoms with Crippen molar-refractivity contribution in [1.82, 2.24) is 9.88 Å². The molecule has 1 aromatic carbocycles. The van der Waals surface area contributed by atoms with E-state index < -0.39 is 0 Å². The Balaban J connectivity index is 2.18. The van der Waals surface area contributed by atoms with E-state index in [-0.39, 0.29) is 5.91 Å². The average molecular weight is 276 g/mol. The zero-order valence-corrected chi connectivity index (χ0v) is 11.2. The maximum atomic E-state index is 12.5. The average Bonchev–Trinajstić information content (AvgIpc) is 2.96. The van der Waals surface area contributed by atoms with E-state index in [0.29, 0.717) is 21.8 Å². The normalized spacial score (nSPS) is 15.1. The summed E-state index contributed by atoms with van der Waals surface area (Å²) in [6.07, 6.45) is 3.71. The van der Waals surface area contributed by atoms with Gasteiger partial charge in [0, 0.05) is 35.7 Å². The molecule has 1 fully saturated rings. The highest BCUT2D eigenvalue weighted by molar-refractivity contribution is 6.37. The number of amides is 1. The summed E-state index contributed by atoms with van der Waals surface area (Å²) in [5.74, 6) is -0.0596. The minimum Gasteiger partial charge on any atom is -0.398 e. The van der Waals surface area contributed by atoms with E-state index >= 15 is 0 Å². The molecule has 2 heterocycles. The van der Waals surface area contributed by atoms with E-state index in [4.69, 9.17) is 17.3 Å². The number of benzene rings is 1. The van der Waals surface area contributed by atoms with Crippen LogP contribution in [0.4, 0.5) is 5.69 Å². The van der Waals surface area contributed by atoms with Crippen LogP contribution in [0.2, 0.25) is 5.02 Å². The summed E-state index contributed by atoms with van der Waals surface area (Å²) in [6.45, 7) is 1.58. The second kappa shape index (κ2) is 4.70. The number of nitrogens with zero attached hydrogens (tertiary/aromatic N) is 2. The van der Waals surface area contributed by atoms with Gasteiger partial charge in [0.15, 0.2) is 0 Å². The van der Waals surface area contributed by atoms with Crippen LogP contribution in [-0.4, -0.2) is 28.9 Å². The quantitative estimate of drug-likeness (QED) is 0.814. The van der Waals surface area contributed by atoms with Crippen LogP contribution in [0.5, 0.6) is 0 Å². The first-order chi connectivity index (χ1) is 9.18. The van der Waals surface area contributed by atoms with Crippen molar-refractivity contribution in [3.63, 3.8) is 0 Å². The lowest BCUT2D eigenvalue weighted by molar-refractivity contribution is 0.0789. The van der Waals surface area contributed by atoms with Crippen LogP contribution in [0.15, 0.2) is 24.4 Å². The van der Waals surface area contributed by atoms with Crippen molar-refractivity contribution in [3.8, 4) is 0 Å². The lowest BCUT2D eigenvalue weighted by Crippen LogP contribution is -2.28. The molecule has 0 radical (unpaired) electrons. The van der Waals surface area contributed by atoms with Crippen LogP contribution in [-0.2, 0) is 0 Å². The minimum atomic E-state index is -0.0596. The summed E-state index contributed by atoms with van der Waals surface area (Å²) in [7, 11) is 0. The number of pyridine rings is 1. The largest absolute Gasteiger partial charge is 0.398 e. The third-order valence-corrected chi connectivity index (χ3v) is 3.82. The molecular formula is C14H14ClN3O. The fraction of sp³-hybridized carbons (Fsp3) is 0.286. The van der Waals surface area contributed by atoms with Gasteiger partial charge in [-0.1, -0.05) is 11.6 Å². The molecule has 3 rings (SSSR count). The predicted molar refractivity (Wildman–Crippen MR) is 76.3 cm³/mol. The number of likely N-dealkylation sites (tertiary alicyclic amines) is 1. The number of nitrogens with two attached hydrogens (primary N) is 1. The van der Waals surface area contributed by atoms with Crippen LogP contribution in [0, 0.1) is 0 Å². The lowest BCUT2D eigenvalue weighted by atomic mass is 10.1. The third-order valence-electron chi connectivity index (χ3n) is 3.51. The highest BCUT2D eigenvalue weighted by Gasteiger charge is 2.23. The molecule has 0 atom stereocenters. The van der Waals surface area contributed by atoms with Gasteiger partial charge in [-0.2, -0.15) is 0 Å². The van der Waals surface area contributed by atoms with Gasteiger partial charge in [-0.3, -0.25) is 9.78 Å². The third kappa shape index (κ3) is 2.02. The van der Waals surface area contributed by atoms with Crippen LogP contribution in [0.25, 0.3) is 10.8 Å². The van der Waals surface area contributed by atoms with Crippen LogP contribution in [0.1, 0.15) is 23.3 Å². The van der Waals surface area contributed by atoms with E-state index in [1.807, 2.05) is 4.90 Å². The number of fused-ring (bicyclic) bond motifs is 1. The Morgan fingerprint density at radius 3 is 2.74 bits per heavy atom. The van der Waals surface area contributed by atoms with Crippen molar-refractivity contribution in [2.75, 3.05) is 18.8 Å². The highest BCUT2D eigenvalue weighted by Crippen LogP contribution is 2.30. The van der Waals surface area contributed by atoms with Gasteiger partial charge in [0.1, 0.15) is 5.69 Å². The molecule has 1 aliphatic heterocycles. The van der Waals surface area contributed by atoms with Crippen molar-refractivity contribution in [2.45, 2.75) is 12.8 Å². The fourth-order valence-electron chi connectivity index (χ4n) is 2.51. The van der Waals surface area contributed by atoms with E-state index in [2.05, 4.69) is 4.98 Å². The van der Waals surface area contributed by atoms with Crippen molar-refractivity contribution in [2.24, 2.45) is 0 Å². The molecule has 2 aromatic rings. The number of anilines is 1. The number of hydrogen-bond donors (Lipinski definition) is 1. The first kappa shape index (κ1) is 12.2. The SMILES string of the molecule is Nc1ccc(Cl)c2c(C(=O)N3CCCC3)nccc12. The molecule has 0 bridgehead atoms. The molecule has 1 aliphatic rings. The van der Waals surface area contributed by atoms with E-state index in [0.717, 1.165) is 31.3 Å². The van der Waals surface area contributed by atoms with Crippen LogP contribution in [0.3, 0.4) is 0 Å². The van der Waals surface area contributed by atoms with Crippen molar-refractivity contribution >= 4 is 34.0 Å². The second-order valence-electron chi connectivity index (χ2n) is 4.72. The van der Waals surface area contributed by atoms with Gasteiger partial charge < -0.3 is 10.6 Å². The van der Waals surface area contributed by atoms with Gasteiger partial charge in [0.05, 0.1) is 5.02 Å². The molecule has 1 amide bonds. The zero-order chi connectivity index (χ0) is 13.4. The van der Waals surface area contributed by atoms with E-state index in [1.54, 1.807) is 24.4 Å². The summed E-state index contributed by atoms with van der Waals surface area (Å²) in [5, 5.41) is 1.95. The molecule has 0 unspecified atom stereocenters. The summed E-state index contributed by atoms with van der Waals surface area (Å²) in [5.41, 5.74) is 6.94. The van der Waals surface area contributed by atoms with Crippen molar-refractivity contribution in [3.05, 3.63) is 35.1 Å². The lowest BCUT2D eigenvalue weighted by Gasteiger charge is -2.16. The molecule has 1 saturated heterocycles. The van der Waals surface area contributed by atoms with Crippen LogP contribution < -0.4 is 5.73 Å². The molecule has 98 valence electrons. The first-order valence-electron chi connectivity index (χ1n) is 6.30. The number of carbonyl (C=O) groups excluding carboxylic acids is 1. The monoisotopic (exact) mass is 275 g/mol. The summed E-state index contributed by atoms with van der Waals surface area (Å²) < 4.78 is 0. The Kier molecular flexibility index (Phi) is 3.03. The minimum absolute atomic E-state index is 0.0596. The Morgan fingerprint density at radius 1 is 1.26 bits per heavy atom. The maximum absolute atomic E-state index is 12.5. The molecular weight excluding hydrogens is 262 g/mol. The van der Waals surface area contributed by atoms with Gasteiger partial charge in [-0.25, -0.2) is 0 Å². The van der Waals surface area contributed by atoms with Gasteiger partial charge in [0.2, 0.25) is 0 Å². The van der Waals surface area contributed by atoms with Crippen molar-refractivity contribution < 1.29 is 4.79 Å². The molecule has 19 heavy (non-hydrogen) atoms. The standard InChI is InChI=1S/C14H14ClN3O/c15-10-3-4-11(16)9-5-6-17-13(12(9)10)14(19)18-7-1-2-8-18/h3-6H,1-2,7-8,16H2. The van der Waals surface area contributed by atoms with Crippen LogP contribution >= 0.6 is 11.6 Å². The number of aromatic nitrogens is 1. The molecule has 0 spiro atoms. The van der Waals surface area contributed by atoms with Gasteiger partial charge in [0.25, 0.3) is 5.91 Å². The van der Waals surface area contributed by atoms with Gasteiger partial charge in [-0.15, -0.1) is 0 Å².